The summed E-state index contributed by atoms with van der Waals surface area (Å²) < 4.78 is 0. The van der Waals surface area contributed by atoms with E-state index in [1.165, 1.54) is 6.92 Å². The van der Waals surface area contributed by atoms with Crippen LogP contribution in [0.25, 0.3) is 0 Å². The van der Waals surface area contributed by atoms with Gasteiger partial charge in [-0.3, -0.25) is 9.59 Å². The Morgan fingerprint density at radius 1 is 1.29 bits per heavy atom. The molecular weight excluding hydrogens is 226 g/mol. The third kappa shape index (κ3) is 8.21. The van der Waals surface area contributed by atoms with E-state index in [1.807, 2.05) is 6.92 Å². The summed E-state index contributed by atoms with van der Waals surface area (Å²) in [5.74, 6) is -1.60. The lowest BCUT2D eigenvalue weighted by molar-refractivity contribution is -0.141. The first kappa shape index (κ1) is 15.4. The molecule has 0 rings (SSSR count). The molecule has 0 saturated heterocycles. The van der Waals surface area contributed by atoms with Gasteiger partial charge >= 0.3 is 5.97 Å². The Labute approximate surface area is 100.0 Å². The van der Waals surface area contributed by atoms with Gasteiger partial charge in [0, 0.05) is 33.0 Å². The second-order valence-corrected chi connectivity index (χ2v) is 3.50. The Kier molecular flexibility index (Phi) is 7.70. The fraction of sp³-hybridized carbons (Fsp3) is 0.700. The molecule has 0 aliphatic rings. The normalized spacial score (nSPS) is 11.6. The minimum atomic E-state index is -1.11. The van der Waals surface area contributed by atoms with E-state index in [-0.39, 0.29) is 18.9 Å². The van der Waals surface area contributed by atoms with Gasteiger partial charge in [0.2, 0.25) is 11.8 Å². The van der Waals surface area contributed by atoms with Crippen LogP contribution in [0, 0.1) is 0 Å². The Balaban J connectivity index is 3.79. The maximum absolute atomic E-state index is 11.1. The number of hydrogen-bond acceptors (Lipinski definition) is 4. The SMILES string of the molecule is CCNC(=O)CCNCC(NC(C)=O)C(=O)O. The molecule has 4 N–H and O–H groups in total. The summed E-state index contributed by atoms with van der Waals surface area (Å²) in [6.07, 6.45) is 0.278. The van der Waals surface area contributed by atoms with Crippen molar-refractivity contribution in [2.75, 3.05) is 19.6 Å². The van der Waals surface area contributed by atoms with E-state index in [0.29, 0.717) is 13.1 Å². The maximum atomic E-state index is 11.1. The highest BCUT2D eigenvalue weighted by Crippen LogP contribution is 1.84. The molecular formula is C10H19N3O4. The molecule has 2 amide bonds. The van der Waals surface area contributed by atoms with E-state index < -0.39 is 17.9 Å². The van der Waals surface area contributed by atoms with Gasteiger partial charge < -0.3 is 21.1 Å². The number of rotatable bonds is 8. The summed E-state index contributed by atoms with van der Waals surface area (Å²) in [6, 6.07) is -0.971. The molecule has 0 bridgehead atoms. The number of aliphatic carboxylic acids is 1. The van der Waals surface area contributed by atoms with E-state index >= 15 is 0 Å². The molecule has 7 nitrogen and oxygen atoms in total. The molecule has 0 aromatic carbocycles. The first-order valence-electron chi connectivity index (χ1n) is 5.44. The summed E-state index contributed by atoms with van der Waals surface area (Å²) in [7, 11) is 0. The van der Waals surface area contributed by atoms with Crippen LogP contribution < -0.4 is 16.0 Å². The van der Waals surface area contributed by atoms with E-state index in [0.717, 1.165) is 0 Å². The van der Waals surface area contributed by atoms with Gasteiger partial charge in [0.05, 0.1) is 0 Å². The Morgan fingerprint density at radius 2 is 1.94 bits per heavy atom. The van der Waals surface area contributed by atoms with Gasteiger partial charge in [0.1, 0.15) is 6.04 Å². The average molecular weight is 245 g/mol. The molecule has 1 atom stereocenters. The summed E-state index contributed by atoms with van der Waals surface area (Å²) in [5.41, 5.74) is 0. The van der Waals surface area contributed by atoms with Crippen molar-refractivity contribution >= 4 is 17.8 Å². The highest BCUT2D eigenvalue weighted by Gasteiger charge is 2.17. The lowest BCUT2D eigenvalue weighted by Crippen LogP contribution is -2.46. The minimum absolute atomic E-state index is 0.0913. The molecule has 0 spiro atoms. The number of nitrogens with one attached hydrogen (secondary N) is 3. The topological polar surface area (TPSA) is 108 Å². The van der Waals surface area contributed by atoms with Crippen LogP contribution in [0.5, 0.6) is 0 Å². The molecule has 1 unspecified atom stereocenters. The zero-order valence-corrected chi connectivity index (χ0v) is 10.1. The largest absolute Gasteiger partial charge is 0.480 e. The highest BCUT2D eigenvalue weighted by molar-refractivity contribution is 5.82. The fourth-order valence-electron chi connectivity index (χ4n) is 1.18. The van der Waals surface area contributed by atoms with Crippen molar-refractivity contribution in [1.82, 2.24) is 16.0 Å². The first-order valence-corrected chi connectivity index (χ1v) is 5.44. The molecule has 0 fully saturated rings. The Bertz CT molecular complexity index is 281. The molecule has 0 aromatic heterocycles. The highest BCUT2D eigenvalue weighted by atomic mass is 16.4. The van der Waals surface area contributed by atoms with E-state index in [2.05, 4.69) is 16.0 Å². The van der Waals surface area contributed by atoms with Gasteiger partial charge in [-0.1, -0.05) is 0 Å². The smallest absolute Gasteiger partial charge is 0.327 e. The number of carbonyl (C=O) groups excluding carboxylic acids is 2. The molecule has 0 heterocycles. The average Bonchev–Trinajstić information content (AvgIpc) is 2.22. The second-order valence-electron chi connectivity index (χ2n) is 3.50. The Morgan fingerprint density at radius 3 is 2.41 bits per heavy atom. The number of carboxylic acid groups (broad SMARTS) is 1. The van der Waals surface area contributed by atoms with Gasteiger partial charge in [-0.25, -0.2) is 4.79 Å². The molecule has 17 heavy (non-hydrogen) atoms. The van der Waals surface area contributed by atoms with Gasteiger partial charge in [0.25, 0.3) is 0 Å². The zero-order chi connectivity index (χ0) is 13.3. The molecule has 0 aliphatic heterocycles. The van der Waals surface area contributed by atoms with Crippen molar-refractivity contribution < 1.29 is 19.5 Å². The van der Waals surface area contributed by atoms with E-state index in [1.54, 1.807) is 0 Å². The molecule has 0 aromatic rings. The predicted molar refractivity (Wildman–Crippen MR) is 61.4 cm³/mol. The number of hydrogen-bond donors (Lipinski definition) is 4. The number of carboxylic acids is 1. The minimum Gasteiger partial charge on any atom is -0.480 e. The molecule has 7 heteroatoms. The van der Waals surface area contributed by atoms with Crippen LogP contribution >= 0.6 is 0 Å². The molecule has 0 saturated carbocycles. The van der Waals surface area contributed by atoms with Crippen molar-refractivity contribution in [2.45, 2.75) is 26.3 Å². The standard InChI is InChI=1S/C10H19N3O4/c1-3-12-9(15)4-5-11-6-8(10(16)17)13-7(2)14/h8,11H,3-6H2,1-2H3,(H,12,15)(H,13,14)(H,16,17). The van der Waals surface area contributed by atoms with Crippen LogP contribution in [0.4, 0.5) is 0 Å². The van der Waals surface area contributed by atoms with E-state index in [9.17, 15) is 14.4 Å². The third-order valence-corrected chi connectivity index (χ3v) is 1.93. The van der Waals surface area contributed by atoms with Crippen LogP contribution in [0.1, 0.15) is 20.3 Å². The summed E-state index contributed by atoms with van der Waals surface area (Å²) >= 11 is 0. The van der Waals surface area contributed by atoms with E-state index in [4.69, 9.17) is 5.11 Å². The lowest BCUT2D eigenvalue weighted by Gasteiger charge is -2.13. The van der Waals surface area contributed by atoms with Crippen LogP contribution in [-0.2, 0) is 14.4 Å². The molecule has 98 valence electrons. The maximum Gasteiger partial charge on any atom is 0.327 e. The van der Waals surface area contributed by atoms with Crippen molar-refractivity contribution in [2.24, 2.45) is 0 Å². The fourth-order valence-corrected chi connectivity index (χ4v) is 1.18. The summed E-state index contributed by atoms with van der Waals surface area (Å²) in [5, 5.41) is 16.5. The van der Waals surface area contributed by atoms with Crippen molar-refractivity contribution in [3.05, 3.63) is 0 Å². The van der Waals surface area contributed by atoms with Crippen LogP contribution in [0.2, 0.25) is 0 Å². The summed E-state index contributed by atoms with van der Waals surface area (Å²) in [4.78, 5) is 32.5. The van der Waals surface area contributed by atoms with Gasteiger partial charge in [0.15, 0.2) is 0 Å². The molecule has 0 aliphatic carbocycles. The van der Waals surface area contributed by atoms with Gasteiger partial charge in [-0.2, -0.15) is 0 Å². The van der Waals surface area contributed by atoms with Crippen LogP contribution in [0.3, 0.4) is 0 Å². The predicted octanol–water partition coefficient (Wildman–Crippen LogP) is -1.31. The lowest BCUT2D eigenvalue weighted by atomic mass is 10.3. The quantitative estimate of drug-likeness (QED) is 0.397. The molecule has 0 radical (unpaired) electrons. The number of amides is 2. The number of carbonyl (C=O) groups is 3. The monoisotopic (exact) mass is 245 g/mol. The first-order chi connectivity index (χ1) is 7.97. The third-order valence-electron chi connectivity index (χ3n) is 1.93. The summed E-state index contributed by atoms with van der Waals surface area (Å²) in [6.45, 7) is 4.11. The van der Waals surface area contributed by atoms with Crippen molar-refractivity contribution in [3.8, 4) is 0 Å². The van der Waals surface area contributed by atoms with Crippen molar-refractivity contribution in [1.29, 1.82) is 0 Å². The van der Waals surface area contributed by atoms with Crippen LogP contribution in [0.15, 0.2) is 0 Å². The zero-order valence-electron chi connectivity index (χ0n) is 10.1. The Hall–Kier alpha value is -1.63. The van der Waals surface area contributed by atoms with Gasteiger partial charge in [-0.05, 0) is 6.92 Å². The van der Waals surface area contributed by atoms with Crippen molar-refractivity contribution in [3.63, 3.8) is 0 Å². The second kappa shape index (κ2) is 8.51. The van der Waals surface area contributed by atoms with Crippen LogP contribution in [-0.4, -0.2) is 48.6 Å². The van der Waals surface area contributed by atoms with Gasteiger partial charge in [-0.15, -0.1) is 0 Å².